The minimum Gasteiger partial charge on any atom is -0.449 e. The molecule has 0 spiro atoms. The van der Waals surface area contributed by atoms with E-state index < -0.39 is 18.0 Å². The molecule has 0 fully saturated rings. The van der Waals surface area contributed by atoms with Crippen LogP contribution in [-0.2, 0) is 20.7 Å². The predicted molar refractivity (Wildman–Crippen MR) is 141 cm³/mol. The van der Waals surface area contributed by atoms with Gasteiger partial charge in [0.1, 0.15) is 6.04 Å². The highest BCUT2D eigenvalue weighted by Crippen LogP contribution is 2.23. The van der Waals surface area contributed by atoms with Crippen LogP contribution < -0.4 is 16.0 Å². The Morgan fingerprint density at radius 1 is 1.06 bits per heavy atom. The van der Waals surface area contributed by atoms with Crippen LogP contribution in [0.4, 0.5) is 10.5 Å². The average molecular weight is 486 g/mol. The second kappa shape index (κ2) is 16.6. The molecule has 3 amide bonds. The molecule has 0 aromatic heterocycles. The van der Waals surface area contributed by atoms with Crippen molar-refractivity contribution in [2.45, 2.75) is 79.7 Å². The summed E-state index contributed by atoms with van der Waals surface area (Å²) in [5.74, 6) is 6.04. The molecule has 194 valence electrons. The van der Waals surface area contributed by atoms with E-state index in [1.165, 1.54) is 5.56 Å². The van der Waals surface area contributed by atoms with Gasteiger partial charge in [-0.3, -0.25) is 9.59 Å². The molecular weight excluding hydrogens is 442 g/mol. The van der Waals surface area contributed by atoms with Crippen LogP contribution >= 0.6 is 0 Å². The van der Waals surface area contributed by atoms with Gasteiger partial charge in [0.2, 0.25) is 11.8 Å². The van der Waals surface area contributed by atoms with Crippen LogP contribution in [0.2, 0.25) is 0 Å². The fourth-order valence-corrected chi connectivity index (χ4v) is 3.69. The van der Waals surface area contributed by atoms with E-state index in [0.717, 1.165) is 32.1 Å². The van der Waals surface area contributed by atoms with Crippen molar-refractivity contribution in [1.29, 1.82) is 0 Å². The number of carbonyl (C=O) groups is 3. The molecule has 2 rings (SSSR count). The topological polar surface area (TPSA) is 96.5 Å². The van der Waals surface area contributed by atoms with Gasteiger partial charge < -0.3 is 20.7 Å². The molecule has 1 unspecified atom stereocenters. The smallest absolute Gasteiger partial charge is 0.407 e. The van der Waals surface area contributed by atoms with Gasteiger partial charge in [-0.2, -0.15) is 0 Å². The number of hydrogen-bond donors (Lipinski definition) is 3. The van der Waals surface area contributed by atoms with E-state index in [4.69, 9.17) is 4.74 Å². The van der Waals surface area contributed by atoms with Gasteiger partial charge in [-0.1, -0.05) is 53.7 Å². The Morgan fingerprint density at radius 2 is 1.69 bits per heavy atom. The second-order valence-corrected chi connectivity index (χ2v) is 8.95. The summed E-state index contributed by atoms with van der Waals surface area (Å²) >= 11 is 0. The van der Waals surface area contributed by atoms with Crippen molar-refractivity contribution in [3.05, 3.63) is 29.8 Å². The second-order valence-electron chi connectivity index (χ2n) is 8.95. The zero-order chi connectivity index (χ0) is 26.2. The Bertz CT molecular complexity index is 855. The summed E-state index contributed by atoms with van der Waals surface area (Å²) in [6, 6.07) is 6.76. The number of benzene rings is 1. The Kier molecular flexibility index (Phi) is 14.2. The molecule has 0 aliphatic heterocycles. The summed E-state index contributed by atoms with van der Waals surface area (Å²) in [7, 11) is 0. The number of hydrogen-bond acceptors (Lipinski definition) is 4. The van der Waals surface area contributed by atoms with Crippen molar-refractivity contribution in [2.24, 2.45) is 17.8 Å². The van der Waals surface area contributed by atoms with Crippen molar-refractivity contribution < 1.29 is 19.1 Å². The summed E-state index contributed by atoms with van der Waals surface area (Å²) in [4.78, 5) is 37.2. The number of alkyl carbamates (subject to hydrolysis) is 1. The summed E-state index contributed by atoms with van der Waals surface area (Å²) < 4.78 is 5.45. The highest BCUT2D eigenvalue weighted by Gasteiger charge is 2.26. The van der Waals surface area contributed by atoms with Gasteiger partial charge in [0.15, 0.2) is 0 Å². The third-order valence-corrected chi connectivity index (χ3v) is 6.01. The van der Waals surface area contributed by atoms with Crippen LogP contribution in [0.15, 0.2) is 24.3 Å². The maximum atomic E-state index is 12.6. The molecule has 3 atom stereocenters. The zero-order valence-electron chi connectivity index (χ0n) is 22.2. The van der Waals surface area contributed by atoms with E-state index >= 15 is 0 Å². The van der Waals surface area contributed by atoms with E-state index in [0.29, 0.717) is 18.2 Å². The average Bonchev–Trinajstić information content (AvgIpc) is 2.84. The molecular formula is C28H43N3O4. The lowest BCUT2D eigenvalue weighted by Gasteiger charge is -2.25. The lowest BCUT2D eigenvalue weighted by Crippen LogP contribution is -2.51. The first-order valence-corrected chi connectivity index (χ1v) is 12.9. The van der Waals surface area contributed by atoms with E-state index in [-0.39, 0.29) is 24.3 Å². The molecule has 0 saturated heterocycles. The van der Waals surface area contributed by atoms with Gasteiger partial charge in [-0.15, -0.1) is 11.8 Å². The molecule has 3 N–H and O–H groups in total. The minimum atomic E-state index is -0.797. The van der Waals surface area contributed by atoms with E-state index in [1.807, 2.05) is 52.0 Å². The lowest BCUT2D eigenvalue weighted by atomic mass is 9.86. The van der Waals surface area contributed by atoms with Crippen LogP contribution in [0, 0.1) is 29.6 Å². The molecule has 1 aromatic rings. The van der Waals surface area contributed by atoms with Crippen molar-refractivity contribution >= 4 is 23.6 Å². The van der Waals surface area contributed by atoms with E-state index in [9.17, 15) is 14.4 Å². The molecule has 1 aromatic carbocycles. The Hall–Kier alpha value is -3.01. The van der Waals surface area contributed by atoms with Gasteiger partial charge in [0.25, 0.3) is 0 Å². The largest absolute Gasteiger partial charge is 0.449 e. The summed E-state index contributed by atoms with van der Waals surface area (Å²) in [6.07, 6.45) is 3.87. The Balaban J connectivity index is 0.00000298. The van der Waals surface area contributed by atoms with Crippen LogP contribution in [0.5, 0.6) is 0 Å². The van der Waals surface area contributed by atoms with Crippen molar-refractivity contribution in [1.82, 2.24) is 10.6 Å². The summed E-state index contributed by atoms with van der Waals surface area (Å²) in [6.45, 7) is 12.0. The minimum absolute atomic E-state index is 0.169. The first kappa shape index (κ1) is 30.0. The number of nitrogens with one attached hydrogen (secondary N) is 3. The van der Waals surface area contributed by atoms with Crippen LogP contribution in [0.3, 0.4) is 0 Å². The van der Waals surface area contributed by atoms with Crippen molar-refractivity contribution in [2.75, 3.05) is 18.5 Å². The third kappa shape index (κ3) is 11.3. The number of rotatable bonds is 9. The van der Waals surface area contributed by atoms with Gasteiger partial charge in [-0.05, 0) is 54.7 Å². The fourth-order valence-electron chi connectivity index (χ4n) is 3.69. The molecule has 1 aliphatic carbocycles. The van der Waals surface area contributed by atoms with E-state index in [2.05, 4.69) is 41.6 Å². The predicted octanol–water partition coefficient (Wildman–Crippen LogP) is 4.91. The monoisotopic (exact) mass is 485 g/mol. The van der Waals surface area contributed by atoms with Crippen LogP contribution in [0.25, 0.3) is 0 Å². The highest BCUT2D eigenvalue weighted by atomic mass is 16.5. The number of amides is 3. The maximum Gasteiger partial charge on any atom is 0.407 e. The molecule has 0 bridgehead atoms. The first-order chi connectivity index (χ1) is 16.8. The van der Waals surface area contributed by atoms with Crippen LogP contribution in [0.1, 0.15) is 72.8 Å². The van der Waals surface area contributed by atoms with E-state index in [1.54, 1.807) is 0 Å². The van der Waals surface area contributed by atoms with Gasteiger partial charge >= 0.3 is 6.09 Å². The molecule has 0 saturated carbocycles. The Morgan fingerprint density at radius 3 is 2.29 bits per heavy atom. The highest BCUT2D eigenvalue weighted by molar-refractivity contribution is 5.95. The Labute approximate surface area is 211 Å². The SMILES string of the molecule is CC.CCc1ccc(NC(=O)CNC(=O)C(NC(=O)OC[C@@H]2CCC#CCC[C@@H]2C)C(C)C)cc1. The van der Waals surface area contributed by atoms with Gasteiger partial charge in [0, 0.05) is 18.5 Å². The van der Waals surface area contributed by atoms with Gasteiger partial charge in [-0.25, -0.2) is 4.79 Å². The number of ether oxygens (including phenoxy) is 1. The number of aryl methyl sites for hydroxylation is 1. The number of anilines is 1. The van der Waals surface area contributed by atoms with Crippen molar-refractivity contribution in [3.63, 3.8) is 0 Å². The molecule has 35 heavy (non-hydrogen) atoms. The van der Waals surface area contributed by atoms with Gasteiger partial charge in [0.05, 0.1) is 13.2 Å². The first-order valence-electron chi connectivity index (χ1n) is 12.9. The van der Waals surface area contributed by atoms with Crippen LogP contribution in [-0.4, -0.2) is 37.1 Å². The standard InChI is InChI=1S/C26H37N3O4.C2H6/c1-5-20-12-14-22(15-13-20)28-23(30)16-27-25(31)24(18(2)3)29-26(32)33-17-21-11-9-7-6-8-10-19(21)4;1-2/h12-15,18-19,21,24H,5,8-11,16-17H2,1-4H3,(H,27,31)(H,28,30)(H,29,32);1-2H3/t19-,21-,24?;/m0./s1. The molecule has 1 aliphatic rings. The van der Waals surface area contributed by atoms with Crippen molar-refractivity contribution in [3.8, 4) is 11.8 Å². The molecule has 7 nitrogen and oxygen atoms in total. The number of carbonyl (C=O) groups excluding carboxylic acids is 3. The molecule has 0 radical (unpaired) electrons. The lowest BCUT2D eigenvalue weighted by molar-refractivity contribution is -0.126. The fraction of sp³-hybridized carbons (Fsp3) is 0.607. The quantitative estimate of drug-likeness (QED) is 0.433. The third-order valence-electron chi connectivity index (χ3n) is 6.01. The molecule has 7 heteroatoms. The maximum absolute atomic E-state index is 12.6. The summed E-state index contributed by atoms with van der Waals surface area (Å²) in [5, 5.41) is 8.01. The molecule has 0 heterocycles. The zero-order valence-corrected chi connectivity index (χ0v) is 22.2. The summed E-state index contributed by atoms with van der Waals surface area (Å²) in [5.41, 5.74) is 1.85. The normalized spacial score (nSPS) is 17.8.